The highest BCUT2D eigenvalue weighted by atomic mass is 32.2. The number of rotatable bonds is 15. The first-order valence-corrected chi connectivity index (χ1v) is 15.9. The van der Waals surface area contributed by atoms with Gasteiger partial charge in [-0.1, -0.05) is 90.0 Å². The maximum Gasteiger partial charge on any atom is 0.242 e. The van der Waals surface area contributed by atoms with Gasteiger partial charge in [-0.3, -0.25) is 9.59 Å². The van der Waals surface area contributed by atoms with Gasteiger partial charge in [0, 0.05) is 16.9 Å². The summed E-state index contributed by atoms with van der Waals surface area (Å²) in [5.74, 6) is 2.78. The molecule has 0 aromatic heterocycles. The molecule has 0 aromatic carbocycles. The first kappa shape index (κ1) is 33.5. The van der Waals surface area contributed by atoms with E-state index in [1.807, 2.05) is 6.92 Å². The second-order valence-electron chi connectivity index (χ2n) is 12.3. The van der Waals surface area contributed by atoms with Crippen molar-refractivity contribution in [3.8, 4) is 12.3 Å². The summed E-state index contributed by atoms with van der Waals surface area (Å²) in [5, 5.41) is 27.4. The monoisotopic (exact) mass is 560 g/mol. The summed E-state index contributed by atoms with van der Waals surface area (Å²) < 4.78 is 0.0250. The fourth-order valence-electron chi connectivity index (χ4n) is 5.39. The number of thioether (sulfide) groups is 1. The van der Waals surface area contributed by atoms with Gasteiger partial charge in [0.15, 0.2) is 0 Å². The number of aliphatic hydroxyl groups excluding tert-OH is 2. The number of allylic oxidation sites excluding steroid dienone is 4. The normalized spacial score (nSPS) is 20.2. The smallest absolute Gasteiger partial charge is 0.242 e. The van der Waals surface area contributed by atoms with Gasteiger partial charge in [-0.25, -0.2) is 0 Å². The van der Waals surface area contributed by atoms with E-state index in [0.29, 0.717) is 30.9 Å². The average molecular weight is 561 g/mol. The molecule has 2 rings (SSSR count). The highest BCUT2D eigenvalue weighted by molar-refractivity contribution is 8.00. The van der Waals surface area contributed by atoms with Crippen LogP contribution in [-0.2, 0) is 9.59 Å². The second kappa shape index (κ2) is 17.1. The third-order valence-corrected chi connectivity index (χ3v) is 9.06. The Kier molecular flexibility index (Phi) is 14.7. The molecule has 0 aromatic rings. The number of carbonyl (C=O) groups is 2. The molecule has 5 atom stereocenters. The van der Waals surface area contributed by atoms with Gasteiger partial charge >= 0.3 is 0 Å². The van der Waals surface area contributed by atoms with Crippen molar-refractivity contribution in [1.29, 1.82) is 0 Å². The minimum atomic E-state index is -1.16. The molecule has 1 unspecified atom stereocenters. The van der Waals surface area contributed by atoms with E-state index >= 15 is 0 Å². The Hall–Kier alpha value is -1.75. The highest BCUT2D eigenvalue weighted by Gasteiger charge is 2.33. The number of aliphatic hydroxyl groups is 2. The van der Waals surface area contributed by atoms with Crippen LogP contribution in [0.3, 0.4) is 0 Å². The van der Waals surface area contributed by atoms with Crippen molar-refractivity contribution in [2.24, 2.45) is 11.8 Å². The number of terminal acetylenes is 1. The second-order valence-corrected chi connectivity index (χ2v) is 14.1. The molecule has 39 heavy (non-hydrogen) atoms. The van der Waals surface area contributed by atoms with E-state index in [2.05, 4.69) is 55.6 Å². The zero-order valence-corrected chi connectivity index (χ0v) is 25.4. The van der Waals surface area contributed by atoms with E-state index in [1.54, 1.807) is 11.8 Å². The van der Waals surface area contributed by atoms with E-state index in [1.165, 1.54) is 12.0 Å². The molecule has 0 aliphatic heterocycles. The molecule has 0 bridgehead atoms. The van der Waals surface area contributed by atoms with Crippen LogP contribution in [0.1, 0.15) is 105 Å². The van der Waals surface area contributed by atoms with Crippen molar-refractivity contribution in [1.82, 2.24) is 10.6 Å². The molecule has 1 saturated carbocycles. The summed E-state index contributed by atoms with van der Waals surface area (Å²) in [6.45, 7) is 8.42. The summed E-state index contributed by atoms with van der Waals surface area (Å²) in [6, 6.07) is -1.32. The third-order valence-electron chi connectivity index (χ3n) is 7.63. The van der Waals surface area contributed by atoms with Gasteiger partial charge in [0.05, 0.1) is 18.1 Å². The molecular formula is C32H52N2O4S. The van der Waals surface area contributed by atoms with Crippen molar-refractivity contribution in [2.75, 3.05) is 5.75 Å². The lowest BCUT2D eigenvalue weighted by Crippen LogP contribution is -2.55. The summed E-state index contributed by atoms with van der Waals surface area (Å²) in [6.07, 6.45) is 19.7. The molecule has 2 amide bonds. The predicted octanol–water partition coefficient (Wildman–Crippen LogP) is 5.29. The Morgan fingerprint density at radius 3 is 2.44 bits per heavy atom. The van der Waals surface area contributed by atoms with Crippen LogP contribution < -0.4 is 10.6 Å². The summed E-state index contributed by atoms with van der Waals surface area (Å²) in [7, 11) is 0. The lowest BCUT2D eigenvalue weighted by Gasteiger charge is -2.33. The Labute approximate surface area is 241 Å². The van der Waals surface area contributed by atoms with E-state index in [9.17, 15) is 19.8 Å². The molecule has 0 spiro atoms. The molecule has 6 nitrogen and oxygen atoms in total. The van der Waals surface area contributed by atoms with Crippen molar-refractivity contribution < 1.29 is 19.8 Å². The van der Waals surface area contributed by atoms with Crippen LogP contribution in [0, 0.1) is 24.2 Å². The van der Waals surface area contributed by atoms with Crippen LogP contribution in [-0.4, -0.2) is 56.8 Å². The van der Waals surface area contributed by atoms with Crippen molar-refractivity contribution >= 4 is 23.6 Å². The van der Waals surface area contributed by atoms with E-state index in [4.69, 9.17) is 6.42 Å². The lowest BCUT2D eigenvalue weighted by molar-refractivity contribution is -0.132. The molecule has 2 aliphatic carbocycles. The van der Waals surface area contributed by atoms with Gasteiger partial charge < -0.3 is 20.8 Å². The van der Waals surface area contributed by atoms with Gasteiger partial charge in [0.2, 0.25) is 11.8 Å². The molecule has 4 N–H and O–H groups in total. The van der Waals surface area contributed by atoms with E-state index in [-0.39, 0.29) is 28.9 Å². The van der Waals surface area contributed by atoms with Crippen LogP contribution in [0.5, 0.6) is 0 Å². The Balaban J connectivity index is 2.15. The largest absolute Gasteiger partial charge is 0.389 e. The minimum absolute atomic E-state index is 0.0186. The number of amides is 2. The van der Waals surface area contributed by atoms with Gasteiger partial charge in [-0.2, -0.15) is 11.8 Å². The molecule has 220 valence electrons. The van der Waals surface area contributed by atoms with Gasteiger partial charge in [-0.15, -0.1) is 12.3 Å². The Morgan fingerprint density at radius 1 is 1.13 bits per heavy atom. The van der Waals surface area contributed by atoms with Gasteiger partial charge in [0.1, 0.15) is 12.1 Å². The van der Waals surface area contributed by atoms with Gasteiger partial charge in [0.25, 0.3) is 0 Å². The first-order valence-electron chi connectivity index (χ1n) is 14.9. The number of carbonyl (C=O) groups excluding carboxylic acids is 2. The van der Waals surface area contributed by atoms with E-state index in [0.717, 1.165) is 44.9 Å². The topological polar surface area (TPSA) is 98.7 Å². The molecule has 0 heterocycles. The highest BCUT2D eigenvalue weighted by Crippen LogP contribution is 2.30. The molecule has 1 fully saturated rings. The quantitative estimate of drug-likeness (QED) is 0.204. The van der Waals surface area contributed by atoms with Crippen molar-refractivity contribution in [3.05, 3.63) is 23.8 Å². The zero-order chi connectivity index (χ0) is 28.8. The van der Waals surface area contributed by atoms with Crippen LogP contribution in [0.25, 0.3) is 0 Å². The number of hydrogen-bond donors (Lipinski definition) is 4. The molecule has 7 heteroatoms. The maximum absolute atomic E-state index is 13.6. The summed E-state index contributed by atoms with van der Waals surface area (Å²) in [4.78, 5) is 27.1. The Bertz CT molecular complexity index is 866. The summed E-state index contributed by atoms with van der Waals surface area (Å²) in [5.41, 5.74) is 1.17. The van der Waals surface area contributed by atoms with Crippen LogP contribution in [0.2, 0.25) is 0 Å². The van der Waals surface area contributed by atoms with Crippen LogP contribution in [0.4, 0.5) is 0 Å². The van der Waals surface area contributed by atoms with Crippen molar-refractivity contribution in [3.63, 3.8) is 0 Å². The maximum atomic E-state index is 13.6. The van der Waals surface area contributed by atoms with Crippen LogP contribution in [0.15, 0.2) is 23.8 Å². The number of hydrogen-bond acceptors (Lipinski definition) is 5. The molecule has 0 saturated heterocycles. The third kappa shape index (κ3) is 12.5. The first-order chi connectivity index (χ1) is 18.5. The standard InChI is InChI=1S/C32H52N2O4S/c1-6-14-26(33-30(37)25(22-39-32(3,4)5)20-23-16-10-8-11-17-23)31(38)34-27(29(36)28(35)15-7-2)21-24-18-12-9-13-19-24/h2,10,16-17,24-29,35-36H,6,8-9,11-15,18-22H2,1,3-5H3,(H,33,37)(H,34,38)/t25-,26+,27?,28+,29-/m1/s1. The predicted molar refractivity (Wildman–Crippen MR) is 162 cm³/mol. The lowest BCUT2D eigenvalue weighted by atomic mass is 9.82. The van der Waals surface area contributed by atoms with Crippen LogP contribution >= 0.6 is 11.8 Å². The average Bonchev–Trinajstić information content (AvgIpc) is 2.90. The minimum Gasteiger partial charge on any atom is -0.389 e. The zero-order valence-electron chi connectivity index (χ0n) is 24.6. The SMILES string of the molecule is C#CC[C@H](O)[C@H](O)C(CC1CCCCC1)NC(=O)[C@H](CCC)NC(=O)[C@@H](CSC(C)(C)C)CC1=CCCC=C1. The van der Waals surface area contributed by atoms with E-state index < -0.39 is 24.3 Å². The fraction of sp³-hybridized carbons (Fsp3) is 0.750. The number of nitrogens with one attached hydrogen (secondary N) is 2. The molecule has 2 aliphatic rings. The fourth-order valence-corrected chi connectivity index (χ4v) is 6.36. The van der Waals surface area contributed by atoms with Gasteiger partial charge in [-0.05, 0) is 38.0 Å². The molecular weight excluding hydrogens is 508 g/mol. The summed E-state index contributed by atoms with van der Waals surface area (Å²) >= 11 is 1.76. The Morgan fingerprint density at radius 2 is 1.85 bits per heavy atom. The van der Waals surface area contributed by atoms with Crippen molar-refractivity contribution in [2.45, 2.75) is 134 Å². The molecule has 0 radical (unpaired) electrons.